The summed E-state index contributed by atoms with van der Waals surface area (Å²) in [6.07, 6.45) is 0.651. The van der Waals surface area contributed by atoms with Gasteiger partial charge >= 0.3 is 5.97 Å². The van der Waals surface area contributed by atoms with Crippen LogP contribution in [0.3, 0.4) is 0 Å². The van der Waals surface area contributed by atoms with Crippen LogP contribution in [0.1, 0.15) is 32.7 Å². The van der Waals surface area contributed by atoms with E-state index in [0.29, 0.717) is 41.5 Å². The molecule has 0 saturated carbocycles. The summed E-state index contributed by atoms with van der Waals surface area (Å²) in [6, 6.07) is 17.3. The van der Waals surface area contributed by atoms with Crippen LogP contribution in [0.4, 0.5) is 5.69 Å². The summed E-state index contributed by atoms with van der Waals surface area (Å²) in [4.78, 5) is 51.5. The highest BCUT2D eigenvalue weighted by atomic mass is 16.5. The Kier molecular flexibility index (Phi) is 9.13. The fourth-order valence-corrected chi connectivity index (χ4v) is 4.31. The Morgan fingerprint density at radius 3 is 2.17 bits per heavy atom. The van der Waals surface area contributed by atoms with E-state index in [9.17, 15) is 19.2 Å². The van der Waals surface area contributed by atoms with Crippen LogP contribution in [-0.2, 0) is 20.7 Å². The minimum atomic E-state index is -0.692. The summed E-state index contributed by atoms with van der Waals surface area (Å²) in [5.74, 6) is 0.113. The number of esters is 1. The largest absolute Gasteiger partial charge is 0.497 e. The number of carbonyl (C=O) groups excluding carboxylic acids is 4. The highest BCUT2D eigenvalue weighted by Crippen LogP contribution is 2.28. The monoisotopic (exact) mass is 546 g/mol. The summed E-state index contributed by atoms with van der Waals surface area (Å²) in [7, 11) is 4.66. The van der Waals surface area contributed by atoms with E-state index >= 15 is 0 Å². The van der Waals surface area contributed by atoms with Crippen LogP contribution in [0.2, 0.25) is 0 Å². The van der Waals surface area contributed by atoms with Crippen LogP contribution < -0.4 is 24.4 Å². The fourth-order valence-electron chi connectivity index (χ4n) is 4.31. The summed E-state index contributed by atoms with van der Waals surface area (Å²) in [5.41, 5.74) is 1.92. The second-order valence-electron chi connectivity index (χ2n) is 8.99. The molecule has 1 N–H and O–H groups in total. The van der Waals surface area contributed by atoms with Gasteiger partial charge in [-0.2, -0.15) is 0 Å². The minimum Gasteiger partial charge on any atom is -0.497 e. The number of nitrogens with one attached hydrogen (secondary N) is 1. The number of hydrogen-bond donors (Lipinski definition) is 1. The maximum absolute atomic E-state index is 13.0. The first-order chi connectivity index (χ1) is 19.3. The van der Waals surface area contributed by atoms with Crippen LogP contribution >= 0.6 is 0 Å². The van der Waals surface area contributed by atoms with Crippen molar-refractivity contribution in [1.82, 2.24) is 5.32 Å². The van der Waals surface area contributed by atoms with Gasteiger partial charge in [-0.25, -0.2) is 9.69 Å². The number of amides is 2. The second kappa shape index (κ2) is 12.9. The van der Waals surface area contributed by atoms with E-state index in [0.717, 1.165) is 10.5 Å². The molecule has 3 aromatic carbocycles. The third kappa shape index (κ3) is 6.47. The highest BCUT2D eigenvalue weighted by molar-refractivity contribution is 6.22. The molecule has 1 aliphatic heterocycles. The lowest BCUT2D eigenvalue weighted by Gasteiger charge is -2.16. The second-order valence-corrected chi connectivity index (χ2v) is 8.99. The molecular formula is C30H30N2O8. The number of imide groups is 1. The van der Waals surface area contributed by atoms with Crippen LogP contribution in [0, 0.1) is 0 Å². The Hall–Kier alpha value is -4.70. The molecule has 0 bridgehead atoms. The van der Waals surface area contributed by atoms with Gasteiger partial charge in [-0.15, -0.1) is 0 Å². The van der Waals surface area contributed by atoms with Crippen molar-refractivity contribution in [3.8, 4) is 17.2 Å². The molecule has 0 spiro atoms. The Labute approximate surface area is 231 Å². The first-order valence-corrected chi connectivity index (χ1v) is 12.6. The molecule has 1 aliphatic rings. The third-order valence-electron chi connectivity index (χ3n) is 6.51. The molecule has 0 aromatic heterocycles. The van der Waals surface area contributed by atoms with Gasteiger partial charge in [-0.3, -0.25) is 14.4 Å². The van der Waals surface area contributed by atoms with Crippen molar-refractivity contribution in [1.29, 1.82) is 0 Å². The summed E-state index contributed by atoms with van der Waals surface area (Å²) in [6.45, 7) is 0.0553. The van der Waals surface area contributed by atoms with E-state index in [1.165, 1.54) is 31.4 Å². The number of ketones is 1. The number of Topliss-reactive ketones (excluding diaryl/α,β-unsaturated/α-hetero) is 1. The van der Waals surface area contributed by atoms with Crippen molar-refractivity contribution in [2.24, 2.45) is 0 Å². The number of anilines is 1. The topological polar surface area (TPSA) is 120 Å². The van der Waals surface area contributed by atoms with Crippen LogP contribution in [0.15, 0.2) is 66.7 Å². The maximum Gasteiger partial charge on any atom is 0.338 e. The Balaban J connectivity index is 1.30. The van der Waals surface area contributed by atoms with Crippen LogP contribution in [-0.4, -0.2) is 64.1 Å². The number of benzene rings is 3. The van der Waals surface area contributed by atoms with Crippen molar-refractivity contribution < 1.29 is 38.1 Å². The van der Waals surface area contributed by atoms with Gasteiger partial charge in [0.05, 0.1) is 45.0 Å². The van der Waals surface area contributed by atoms with Crippen LogP contribution in [0.5, 0.6) is 17.2 Å². The standard InChI is InChI=1S/C30H30N2O8/c1-37-23-11-7-20(8-12-23)25(33)18-40-30(36)21-5-9-22(10-6-21)32-28(34)17-24(29(32)35)31-15-14-19-4-13-26(38-2)27(16-19)39-3/h4-13,16,24,31H,14-15,17-18H2,1-3H3. The molecule has 1 heterocycles. The van der Waals surface area contributed by atoms with Gasteiger partial charge < -0.3 is 24.3 Å². The first kappa shape index (κ1) is 28.3. The van der Waals surface area contributed by atoms with Gasteiger partial charge in [0, 0.05) is 5.56 Å². The lowest BCUT2D eigenvalue weighted by atomic mass is 10.1. The number of carbonyl (C=O) groups is 4. The average molecular weight is 547 g/mol. The predicted octanol–water partition coefficient (Wildman–Crippen LogP) is 3.22. The summed E-state index contributed by atoms with van der Waals surface area (Å²) < 4.78 is 20.8. The molecule has 2 amide bonds. The van der Waals surface area contributed by atoms with Gasteiger partial charge in [0.1, 0.15) is 5.75 Å². The zero-order valence-electron chi connectivity index (χ0n) is 22.5. The Morgan fingerprint density at radius 2 is 1.52 bits per heavy atom. The lowest BCUT2D eigenvalue weighted by molar-refractivity contribution is -0.121. The highest BCUT2D eigenvalue weighted by Gasteiger charge is 2.39. The zero-order valence-corrected chi connectivity index (χ0v) is 22.5. The molecule has 1 unspecified atom stereocenters. The number of nitrogens with zero attached hydrogens (tertiary/aromatic N) is 1. The molecule has 1 fully saturated rings. The molecule has 0 radical (unpaired) electrons. The van der Waals surface area contributed by atoms with Gasteiger partial charge in [-0.1, -0.05) is 6.07 Å². The van der Waals surface area contributed by atoms with Gasteiger partial charge in [-0.05, 0) is 79.2 Å². The van der Waals surface area contributed by atoms with E-state index in [4.69, 9.17) is 18.9 Å². The molecule has 208 valence electrons. The van der Waals surface area contributed by atoms with E-state index in [1.54, 1.807) is 38.5 Å². The SMILES string of the molecule is COc1ccc(C(=O)COC(=O)c2ccc(N3C(=O)CC(NCCc4ccc(OC)c(OC)c4)C3=O)cc2)cc1. The number of rotatable bonds is 12. The van der Waals surface area contributed by atoms with E-state index in [1.807, 2.05) is 18.2 Å². The van der Waals surface area contributed by atoms with Crippen LogP contribution in [0.25, 0.3) is 0 Å². The number of ether oxygens (including phenoxy) is 4. The van der Waals surface area contributed by atoms with Crippen molar-refractivity contribution in [2.75, 3.05) is 39.4 Å². The van der Waals surface area contributed by atoms with Gasteiger partial charge in [0.15, 0.2) is 23.9 Å². The van der Waals surface area contributed by atoms with Crippen molar-refractivity contribution in [2.45, 2.75) is 18.9 Å². The van der Waals surface area contributed by atoms with Crippen molar-refractivity contribution in [3.05, 3.63) is 83.4 Å². The maximum atomic E-state index is 13.0. The normalized spacial score (nSPS) is 14.7. The van der Waals surface area contributed by atoms with Crippen molar-refractivity contribution >= 4 is 29.3 Å². The molecule has 3 aromatic rings. The fraction of sp³-hybridized carbons (Fsp3) is 0.267. The molecule has 0 aliphatic carbocycles. The smallest absolute Gasteiger partial charge is 0.338 e. The zero-order chi connectivity index (χ0) is 28.6. The molecule has 1 saturated heterocycles. The number of hydrogen-bond acceptors (Lipinski definition) is 9. The average Bonchev–Trinajstić information content (AvgIpc) is 3.27. The van der Waals surface area contributed by atoms with Gasteiger partial charge in [0.25, 0.3) is 5.91 Å². The van der Waals surface area contributed by atoms with E-state index in [-0.39, 0.29) is 29.6 Å². The van der Waals surface area contributed by atoms with Crippen molar-refractivity contribution in [3.63, 3.8) is 0 Å². The molecule has 4 rings (SSSR count). The summed E-state index contributed by atoms with van der Waals surface area (Å²) in [5, 5.41) is 3.16. The quantitative estimate of drug-likeness (QED) is 0.207. The first-order valence-electron chi connectivity index (χ1n) is 12.6. The lowest BCUT2D eigenvalue weighted by Crippen LogP contribution is -2.39. The van der Waals surface area contributed by atoms with E-state index in [2.05, 4.69) is 5.32 Å². The third-order valence-corrected chi connectivity index (χ3v) is 6.51. The molecule has 40 heavy (non-hydrogen) atoms. The minimum absolute atomic E-state index is 0.0298. The molecule has 1 atom stereocenters. The predicted molar refractivity (Wildman–Crippen MR) is 146 cm³/mol. The number of methoxy groups -OCH3 is 3. The Bertz CT molecular complexity index is 1390. The molecule has 10 heteroatoms. The van der Waals surface area contributed by atoms with Gasteiger partial charge in [0.2, 0.25) is 5.91 Å². The molecule has 10 nitrogen and oxygen atoms in total. The summed E-state index contributed by atoms with van der Waals surface area (Å²) >= 11 is 0. The Morgan fingerprint density at radius 1 is 0.850 bits per heavy atom. The molecular weight excluding hydrogens is 516 g/mol. The van der Waals surface area contributed by atoms with E-state index < -0.39 is 18.6 Å².